The number of carboxylic acid groups (broad SMARTS) is 1. The van der Waals surface area contributed by atoms with Crippen molar-refractivity contribution in [2.45, 2.75) is 19.8 Å². The largest absolute Gasteiger partial charge is 0.481 e. The third kappa shape index (κ3) is 5.56. The van der Waals surface area contributed by atoms with E-state index < -0.39 is 11.9 Å². The van der Waals surface area contributed by atoms with Crippen LogP contribution in [0.3, 0.4) is 0 Å². The van der Waals surface area contributed by atoms with Gasteiger partial charge in [-0.3, -0.25) is 4.79 Å². The number of aliphatic carboxylic acids is 1. The summed E-state index contributed by atoms with van der Waals surface area (Å²) in [5.74, 6) is -1.24. The molecule has 20 heavy (non-hydrogen) atoms. The van der Waals surface area contributed by atoms with Crippen molar-refractivity contribution < 1.29 is 19.4 Å². The minimum absolute atomic E-state index is 0.0210. The first-order valence-electron chi connectivity index (χ1n) is 6.31. The summed E-state index contributed by atoms with van der Waals surface area (Å²) in [5, 5.41) is 11.9. The minimum atomic E-state index is -0.841. The molecule has 1 rings (SSSR count). The zero-order chi connectivity index (χ0) is 15.0. The van der Waals surface area contributed by atoms with Crippen LogP contribution in [-0.2, 0) is 27.2 Å². The highest BCUT2D eigenvalue weighted by Crippen LogP contribution is 2.10. The van der Waals surface area contributed by atoms with Crippen LogP contribution in [0.15, 0.2) is 36.0 Å². The van der Waals surface area contributed by atoms with Crippen LogP contribution in [0.25, 0.3) is 0 Å². The van der Waals surface area contributed by atoms with E-state index in [-0.39, 0.29) is 6.42 Å². The molecule has 0 aliphatic carbocycles. The zero-order valence-electron chi connectivity index (χ0n) is 11.7. The van der Waals surface area contributed by atoms with Crippen molar-refractivity contribution in [2.24, 2.45) is 0 Å². The van der Waals surface area contributed by atoms with E-state index in [1.54, 1.807) is 6.92 Å². The number of rotatable bonds is 7. The van der Waals surface area contributed by atoms with Gasteiger partial charge in [0, 0.05) is 18.3 Å². The molecule has 5 nitrogen and oxygen atoms in total. The summed E-state index contributed by atoms with van der Waals surface area (Å²) in [6.45, 7) is 2.40. The van der Waals surface area contributed by atoms with E-state index in [2.05, 4.69) is 10.1 Å². The molecule has 0 saturated heterocycles. The fourth-order valence-corrected chi connectivity index (χ4v) is 1.82. The lowest BCUT2D eigenvalue weighted by Crippen LogP contribution is -2.17. The molecule has 5 heteroatoms. The van der Waals surface area contributed by atoms with Crippen molar-refractivity contribution in [3.8, 4) is 0 Å². The molecule has 0 bridgehead atoms. The van der Waals surface area contributed by atoms with Gasteiger partial charge in [-0.2, -0.15) is 0 Å². The average Bonchev–Trinajstić information content (AvgIpc) is 2.40. The number of ether oxygens (including phenoxy) is 1. The van der Waals surface area contributed by atoms with Crippen molar-refractivity contribution in [3.05, 3.63) is 47.2 Å². The molecule has 0 unspecified atom stereocenters. The second-order valence-corrected chi connectivity index (χ2v) is 4.37. The van der Waals surface area contributed by atoms with Crippen LogP contribution in [0, 0.1) is 0 Å². The molecule has 0 spiro atoms. The molecule has 0 aromatic heterocycles. The molecule has 0 radical (unpaired) electrons. The van der Waals surface area contributed by atoms with Gasteiger partial charge in [0.2, 0.25) is 0 Å². The minimum Gasteiger partial charge on any atom is -0.481 e. The molecule has 0 aliphatic heterocycles. The maximum Gasteiger partial charge on any atom is 0.332 e. The van der Waals surface area contributed by atoms with Gasteiger partial charge in [-0.1, -0.05) is 24.3 Å². The Hall–Kier alpha value is -2.30. The number of hydrogen-bond acceptors (Lipinski definition) is 4. The quantitative estimate of drug-likeness (QED) is 0.584. The molecule has 1 aromatic rings. The average molecular weight is 277 g/mol. The molecule has 0 fully saturated rings. The highest BCUT2D eigenvalue weighted by atomic mass is 16.5. The number of carboxylic acids is 1. The van der Waals surface area contributed by atoms with Crippen molar-refractivity contribution in [2.75, 3.05) is 13.7 Å². The van der Waals surface area contributed by atoms with E-state index in [0.29, 0.717) is 18.7 Å². The number of allylic oxidation sites excluding steroid dienone is 1. The summed E-state index contributed by atoms with van der Waals surface area (Å²) in [7, 11) is 1.33. The lowest BCUT2D eigenvalue weighted by atomic mass is 10.0. The number of esters is 1. The Morgan fingerprint density at radius 2 is 1.95 bits per heavy atom. The summed E-state index contributed by atoms with van der Waals surface area (Å²) in [4.78, 5) is 21.8. The van der Waals surface area contributed by atoms with Gasteiger partial charge in [0.15, 0.2) is 0 Å². The molecule has 1 aromatic carbocycles. The first-order valence-corrected chi connectivity index (χ1v) is 6.31. The van der Waals surface area contributed by atoms with Crippen LogP contribution in [0.1, 0.15) is 18.1 Å². The first-order chi connectivity index (χ1) is 9.52. The second kappa shape index (κ2) is 7.99. The van der Waals surface area contributed by atoms with Crippen molar-refractivity contribution in [1.29, 1.82) is 0 Å². The Morgan fingerprint density at radius 1 is 1.30 bits per heavy atom. The summed E-state index contributed by atoms with van der Waals surface area (Å²) < 4.78 is 4.53. The second-order valence-electron chi connectivity index (χ2n) is 4.37. The molecular weight excluding hydrogens is 258 g/mol. The van der Waals surface area contributed by atoms with Gasteiger partial charge in [0.05, 0.1) is 13.5 Å². The van der Waals surface area contributed by atoms with E-state index in [9.17, 15) is 9.59 Å². The van der Waals surface area contributed by atoms with Crippen molar-refractivity contribution >= 4 is 11.9 Å². The normalized spacial score (nSPS) is 11.0. The molecular formula is C15H19NO4. The van der Waals surface area contributed by atoms with Crippen LogP contribution >= 0.6 is 0 Å². The molecule has 0 atom stereocenters. The van der Waals surface area contributed by atoms with Crippen molar-refractivity contribution in [1.82, 2.24) is 5.32 Å². The van der Waals surface area contributed by atoms with E-state index in [1.807, 2.05) is 24.3 Å². The number of nitrogens with one attached hydrogen (secondary N) is 1. The van der Waals surface area contributed by atoms with Gasteiger partial charge < -0.3 is 15.2 Å². The first kappa shape index (κ1) is 15.8. The third-order valence-electron chi connectivity index (χ3n) is 2.79. The maximum absolute atomic E-state index is 11.0. The molecule has 0 aliphatic rings. The highest BCUT2D eigenvalue weighted by molar-refractivity contribution is 5.82. The number of hydrogen-bond donors (Lipinski definition) is 2. The highest BCUT2D eigenvalue weighted by Gasteiger charge is 2.06. The Labute approximate surface area is 118 Å². The lowest BCUT2D eigenvalue weighted by molar-refractivity contribution is -0.136. The lowest BCUT2D eigenvalue weighted by Gasteiger charge is -2.09. The topological polar surface area (TPSA) is 75.6 Å². The van der Waals surface area contributed by atoms with E-state index >= 15 is 0 Å². The fraction of sp³-hybridized carbons (Fsp3) is 0.333. The molecule has 0 amide bonds. The van der Waals surface area contributed by atoms with E-state index in [4.69, 9.17) is 5.11 Å². The summed E-state index contributed by atoms with van der Waals surface area (Å²) >= 11 is 0. The van der Waals surface area contributed by atoms with Crippen LogP contribution in [0.2, 0.25) is 0 Å². The third-order valence-corrected chi connectivity index (χ3v) is 2.79. The Morgan fingerprint density at radius 3 is 2.55 bits per heavy atom. The smallest absolute Gasteiger partial charge is 0.332 e. The number of carbonyl (C=O) groups excluding carboxylic acids is 1. The maximum atomic E-state index is 11.0. The van der Waals surface area contributed by atoms with Crippen LogP contribution in [-0.4, -0.2) is 30.7 Å². The predicted octanol–water partition coefficient (Wildman–Crippen LogP) is 1.52. The Kier molecular flexibility index (Phi) is 6.29. The fourth-order valence-electron chi connectivity index (χ4n) is 1.82. The summed E-state index contributed by atoms with van der Waals surface area (Å²) in [6, 6.07) is 7.45. The Bertz CT molecular complexity index is 508. The monoisotopic (exact) mass is 277 g/mol. The number of methoxy groups -OCH3 is 1. The van der Waals surface area contributed by atoms with E-state index in [0.717, 1.165) is 11.1 Å². The Balaban J connectivity index is 2.56. The molecule has 0 heterocycles. The zero-order valence-corrected chi connectivity index (χ0v) is 11.7. The van der Waals surface area contributed by atoms with Gasteiger partial charge >= 0.3 is 11.9 Å². The van der Waals surface area contributed by atoms with Gasteiger partial charge in [-0.15, -0.1) is 0 Å². The van der Waals surface area contributed by atoms with Crippen LogP contribution in [0.5, 0.6) is 0 Å². The van der Waals surface area contributed by atoms with Gasteiger partial charge in [0.1, 0.15) is 0 Å². The molecule has 0 saturated carbocycles. The van der Waals surface area contributed by atoms with Gasteiger partial charge in [0.25, 0.3) is 0 Å². The van der Waals surface area contributed by atoms with Crippen molar-refractivity contribution in [3.63, 3.8) is 0 Å². The standard InChI is InChI=1S/C15H19NO4/c1-11(9-15(19)20-2)16-8-7-12-5-3-4-6-13(12)10-14(17)18/h3-6,9,16H,7-8,10H2,1-2H3,(H,17,18). The predicted molar refractivity (Wildman–Crippen MR) is 75.3 cm³/mol. The number of benzene rings is 1. The molecule has 108 valence electrons. The van der Waals surface area contributed by atoms with Crippen LogP contribution < -0.4 is 5.32 Å². The summed E-state index contributed by atoms with van der Waals surface area (Å²) in [6.07, 6.45) is 2.09. The SMILES string of the molecule is COC(=O)C=C(C)NCCc1ccccc1CC(=O)O. The van der Waals surface area contributed by atoms with Gasteiger partial charge in [-0.25, -0.2) is 4.79 Å². The summed E-state index contributed by atoms with van der Waals surface area (Å²) in [5.41, 5.74) is 2.53. The van der Waals surface area contributed by atoms with E-state index in [1.165, 1.54) is 13.2 Å². The number of carbonyl (C=O) groups is 2. The van der Waals surface area contributed by atoms with Gasteiger partial charge in [-0.05, 0) is 24.5 Å². The van der Waals surface area contributed by atoms with Crippen LogP contribution in [0.4, 0.5) is 0 Å². The molecule has 2 N–H and O–H groups in total.